The van der Waals surface area contributed by atoms with E-state index in [0.717, 1.165) is 0 Å². The maximum Gasteiger partial charge on any atom is 0.341 e. The Kier molecular flexibility index (Phi) is 3.26. The van der Waals surface area contributed by atoms with Gasteiger partial charge in [-0.3, -0.25) is 9.78 Å². The number of carbonyl (C=O) groups excluding carboxylic acids is 1. The van der Waals surface area contributed by atoms with Gasteiger partial charge in [0.2, 0.25) is 0 Å². The van der Waals surface area contributed by atoms with Gasteiger partial charge in [-0.2, -0.15) is 0 Å². The van der Waals surface area contributed by atoms with E-state index in [4.69, 9.17) is 4.74 Å². The van der Waals surface area contributed by atoms with Crippen LogP contribution in [0.4, 0.5) is 0 Å². The van der Waals surface area contributed by atoms with Gasteiger partial charge in [-0.05, 0) is 19.1 Å². The predicted octanol–water partition coefficient (Wildman–Crippen LogP) is 2.14. The lowest BCUT2D eigenvalue weighted by Gasteiger charge is -2.01. The Hall–Kier alpha value is -2.54. The van der Waals surface area contributed by atoms with Gasteiger partial charge in [0, 0.05) is 11.1 Å². The smallest absolute Gasteiger partial charge is 0.341 e. The van der Waals surface area contributed by atoms with E-state index >= 15 is 0 Å². The lowest BCUT2D eigenvalue weighted by Crippen LogP contribution is -2.10. The molecule has 0 radical (unpaired) electrons. The van der Waals surface area contributed by atoms with E-state index in [9.17, 15) is 9.59 Å². The summed E-state index contributed by atoms with van der Waals surface area (Å²) in [6.45, 7) is 1.76. The third-order valence-electron chi connectivity index (χ3n) is 3.02. The minimum Gasteiger partial charge on any atom is -0.465 e. The van der Waals surface area contributed by atoms with Crippen LogP contribution in [0.15, 0.2) is 29.2 Å². The first-order valence-electron chi connectivity index (χ1n) is 6.15. The van der Waals surface area contributed by atoms with Gasteiger partial charge in [0.1, 0.15) is 15.9 Å². The van der Waals surface area contributed by atoms with Gasteiger partial charge >= 0.3 is 5.97 Å². The molecule has 7 heteroatoms. The van der Waals surface area contributed by atoms with Gasteiger partial charge in [-0.15, -0.1) is 11.3 Å². The zero-order valence-corrected chi connectivity index (χ0v) is 12.2. The summed E-state index contributed by atoms with van der Waals surface area (Å²) in [5, 5.41) is 0. The highest BCUT2D eigenvalue weighted by Crippen LogP contribution is 2.28. The van der Waals surface area contributed by atoms with Crippen LogP contribution in [0.5, 0.6) is 0 Å². The van der Waals surface area contributed by atoms with Crippen LogP contribution in [0.1, 0.15) is 15.2 Å². The second-order valence-corrected chi connectivity index (χ2v) is 5.56. The summed E-state index contributed by atoms with van der Waals surface area (Å²) >= 11 is 1.23. The molecule has 0 aromatic carbocycles. The van der Waals surface area contributed by atoms with Gasteiger partial charge in [0.05, 0.1) is 12.7 Å². The minimum absolute atomic E-state index is 0.288. The molecule has 0 unspecified atom stereocenters. The first kappa shape index (κ1) is 13.4. The molecule has 0 spiro atoms. The van der Waals surface area contributed by atoms with Crippen molar-refractivity contribution < 1.29 is 9.53 Å². The van der Waals surface area contributed by atoms with Crippen molar-refractivity contribution in [1.82, 2.24) is 15.0 Å². The third-order valence-corrected chi connectivity index (χ3v) is 4.11. The van der Waals surface area contributed by atoms with Gasteiger partial charge in [0.25, 0.3) is 5.56 Å². The van der Waals surface area contributed by atoms with Crippen LogP contribution in [0.3, 0.4) is 0 Å². The summed E-state index contributed by atoms with van der Waals surface area (Å²) < 4.78 is 5.18. The van der Waals surface area contributed by atoms with Crippen LogP contribution < -0.4 is 5.56 Å². The standard InChI is InChI=1S/C14H11N3O3S/c1-7-9(14(19)20-2)10-11(21-7)13(18)17-12(16-10)8-5-3-4-6-15-8/h3-6H,1-2H3,(H,16,17,18). The van der Waals surface area contributed by atoms with E-state index in [1.165, 1.54) is 18.4 Å². The Bertz CT molecular complexity index is 884. The van der Waals surface area contributed by atoms with Crippen molar-refractivity contribution in [2.24, 2.45) is 0 Å². The van der Waals surface area contributed by atoms with Crippen molar-refractivity contribution in [2.75, 3.05) is 7.11 Å². The molecule has 106 valence electrons. The van der Waals surface area contributed by atoms with Crippen molar-refractivity contribution in [3.63, 3.8) is 0 Å². The van der Waals surface area contributed by atoms with Crippen molar-refractivity contribution in [1.29, 1.82) is 0 Å². The summed E-state index contributed by atoms with van der Waals surface area (Å²) in [6, 6.07) is 5.31. The van der Waals surface area contributed by atoms with E-state index in [1.54, 1.807) is 31.3 Å². The van der Waals surface area contributed by atoms with Crippen LogP contribution in [-0.4, -0.2) is 28.0 Å². The number of hydrogen-bond donors (Lipinski definition) is 1. The van der Waals surface area contributed by atoms with Crippen molar-refractivity contribution in [3.05, 3.63) is 45.2 Å². The van der Waals surface area contributed by atoms with E-state index in [0.29, 0.717) is 32.2 Å². The minimum atomic E-state index is -0.496. The molecule has 3 rings (SSSR count). The highest BCUT2D eigenvalue weighted by molar-refractivity contribution is 7.19. The Morgan fingerprint density at radius 1 is 1.38 bits per heavy atom. The number of carbonyl (C=O) groups is 1. The number of esters is 1. The zero-order valence-electron chi connectivity index (χ0n) is 11.3. The van der Waals surface area contributed by atoms with E-state index in [2.05, 4.69) is 15.0 Å². The second-order valence-electron chi connectivity index (χ2n) is 4.33. The average Bonchev–Trinajstić information content (AvgIpc) is 2.84. The van der Waals surface area contributed by atoms with Crippen molar-refractivity contribution >= 4 is 27.5 Å². The van der Waals surface area contributed by atoms with Crippen LogP contribution in [0.2, 0.25) is 0 Å². The topological polar surface area (TPSA) is 84.9 Å². The monoisotopic (exact) mass is 301 g/mol. The number of pyridine rings is 1. The number of methoxy groups -OCH3 is 1. The maximum atomic E-state index is 12.2. The molecule has 21 heavy (non-hydrogen) atoms. The number of thiophene rings is 1. The normalized spacial score (nSPS) is 10.8. The Balaban J connectivity index is 2.32. The number of ether oxygens (including phenoxy) is 1. The van der Waals surface area contributed by atoms with Gasteiger partial charge < -0.3 is 9.72 Å². The Morgan fingerprint density at radius 3 is 2.86 bits per heavy atom. The lowest BCUT2D eigenvalue weighted by atomic mass is 10.2. The van der Waals surface area contributed by atoms with Crippen LogP contribution >= 0.6 is 11.3 Å². The lowest BCUT2D eigenvalue weighted by molar-refractivity contribution is 0.0602. The molecule has 3 aromatic heterocycles. The number of hydrogen-bond acceptors (Lipinski definition) is 6. The van der Waals surface area contributed by atoms with Crippen LogP contribution in [0.25, 0.3) is 21.7 Å². The first-order valence-corrected chi connectivity index (χ1v) is 6.96. The molecule has 6 nitrogen and oxygen atoms in total. The number of aromatic nitrogens is 3. The number of H-pyrrole nitrogens is 1. The van der Waals surface area contributed by atoms with Crippen molar-refractivity contribution in [3.8, 4) is 11.5 Å². The summed E-state index contributed by atoms with van der Waals surface area (Å²) in [6.07, 6.45) is 1.61. The molecular weight excluding hydrogens is 290 g/mol. The second kappa shape index (κ2) is 5.10. The van der Waals surface area contributed by atoms with E-state index in [-0.39, 0.29) is 5.56 Å². The van der Waals surface area contributed by atoms with Crippen molar-refractivity contribution in [2.45, 2.75) is 6.92 Å². The van der Waals surface area contributed by atoms with E-state index in [1.807, 2.05) is 0 Å². The summed E-state index contributed by atoms with van der Waals surface area (Å²) in [5.41, 5.74) is 0.939. The van der Waals surface area contributed by atoms with Gasteiger partial charge in [-0.25, -0.2) is 9.78 Å². The predicted molar refractivity (Wildman–Crippen MR) is 79.5 cm³/mol. The number of aryl methyl sites for hydroxylation is 1. The summed E-state index contributed by atoms with van der Waals surface area (Å²) in [7, 11) is 1.30. The number of nitrogens with one attached hydrogen (secondary N) is 1. The quantitative estimate of drug-likeness (QED) is 0.733. The number of aromatic amines is 1. The fraction of sp³-hybridized carbons (Fsp3) is 0.143. The highest BCUT2D eigenvalue weighted by atomic mass is 32.1. The van der Waals surface area contributed by atoms with E-state index < -0.39 is 5.97 Å². The number of fused-ring (bicyclic) bond motifs is 1. The summed E-state index contributed by atoms with van der Waals surface area (Å²) in [5.74, 6) is -0.167. The molecule has 0 amide bonds. The first-order chi connectivity index (χ1) is 10.1. The summed E-state index contributed by atoms with van der Waals surface area (Å²) in [4.78, 5) is 36.0. The largest absolute Gasteiger partial charge is 0.465 e. The molecular formula is C14H11N3O3S. The molecule has 0 bridgehead atoms. The number of nitrogens with zero attached hydrogens (tertiary/aromatic N) is 2. The molecule has 0 saturated carbocycles. The fourth-order valence-electron chi connectivity index (χ4n) is 2.06. The molecule has 0 saturated heterocycles. The van der Waals surface area contributed by atoms with Gasteiger partial charge in [0.15, 0.2) is 5.82 Å². The highest BCUT2D eigenvalue weighted by Gasteiger charge is 2.21. The molecule has 3 heterocycles. The SMILES string of the molecule is COC(=O)c1c(C)sc2c(=O)[nH]c(-c3ccccn3)nc12. The van der Waals surface area contributed by atoms with Crippen LogP contribution in [0, 0.1) is 6.92 Å². The molecule has 1 N–H and O–H groups in total. The maximum absolute atomic E-state index is 12.2. The van der Waals surface area contributed by atoms with Gasteiger partial charge in [-0.1, -0.05) is 6.07 Å². The fourth-order valence-corrected chi connectivity index (χ4v) is 3.04. The zero-order chi connectivity index (χ0) is 15.0. The molecule has 0 aliphatic heterocycles. The molecule has 3 aromatic rings. The third kappa shape index (κ3) is 2.21. The molecule has 0 aliphatic rings. The number of rotatable bonds is 2. The molecule has 0 aliphatic carbocycles. The Morgan fingerprint density at radius 2 is 2.19 bits per heavy atom. The molecule has 0 fully saturated rings. The Labute approximate surface area is 123 Å². The van der Waals surface area contributed by atoms with Crippen LogP contribution in [-0.2, 0) is 4.74 Å². The molecule has 0 atom stereocenters. The average molecular weight is 301 g/mol.